The predicted octanol–water partition coefficient (Wildman–Crippen LogP) is 3.10. The fourth-order valence-electron chi connectivity index (χ4n) is 5.44. The monoisotopic (exact) mass is 434 g/mol. The van der Waals surface area contributed by atoms with Crippen LogP contribution in [0.4, 0.5) is 11.4 Å². The highest BCUT2D eigenvalue weighted by molar-refractivity contribution is 5.64. The van der Waals surface area contributed by atoms with Crippen LogP contribution in [0.5, 0.6) is 0 Å². The van der Waals surface area contributed by atoms with Crippen molar-refractivity contribution in [2.24, 2.45) is 5.92 Å². The Balaban J connectivity index is 2.14. The second-order valence-electron chi connectivity index (χ2n) is 8.52. The summed E-state index contributed by atoms with van der Waals surface area (Å²) < 4.78 is 0. The number of nitro groups is 2. The Labute approximate surface area is 182 Å². The molecule has 162 valence electrons. The van der Waals surface area contributed by atoms with E-state index in [1.165, 1.54) is 24.3 Å². The molecule has 0 bridgehead atoms. The largest absolute Gasteiger partial charge is 0.371 e. The Morgan fingerprint density at radius 3 is 2.16 bits per heavy atom. The molecule has 2 aromatic rings. The van der Waals surface area contributed by atoms with E-state index in [0.29, 0.717) is 22.3 Å². The highest BCUT2D eigenvalue weighted by atomic mass is 16.6. The van der Waals surface area contributed by atoms with Gasteiger partial charge in [0.1, 0.15) is 12.1 Å². The molecule has 0 saturated carbocycles. The van der Waals surface area contributed by atoms with Gasteiger partial charge >= 0.3 is 0 Å². The van der Waals surface area contributed by atoms with Crippen molar-refractivity contribution < 1.29 is 20.1 Å². The molecule has 4 rings (SSSR count). The van der Waals surface area contributed by atoms with Crippen molar-refractivity contribution in [1.82, 2.24) is 0 Å². The minimum atomic E-state index is -2.19. The lowest BCUT2D eigenvalue weighted by Crippen LogP contribution is -2.45. The van der Waals surface area contributed by atoms with Gasteiger partial charge in [-0.05, 0) is 54.9 Å². The number of fused-ring (bicyclic) bond motifs is 5. The zero-order valence-corrected chi connectivity index (χ0v) is 17.2. The molecular formula is C22H18N4O6. The quantitative estimate of drug-likeness (QED) is 0.412. The number of rotatable bonds is 2. The topological polar surface area (TPSA) is 174 Å². The molecule has 2 aromatic carbocycles. The van der Waals surface area contributed by atoms with E-state index in [9.17, 15) is 41.0 Å². The smallest absolute Gasteiger partial charge is 0.276 e. The van der Waals surface area contributed by atoms with Crippen LogP contribution < -0.4 is 0 Å². The van der Waals surface area contributed by atoms with Crippen molar-refractivity contribution in [3.63, 3.8) is 0 Å². The average molecular weight is 434 g/mol. The summed E-state index contributed by atoms with van der Waals surface area (Å²) in [4.78, 5) is 21.9. The van der Waals surface area contributed by atoms with E-state index in [1.807, 2.05) is 6.07 Å². The molecule has 0 fully saturated rings. The van der Waals surface area contributed by atoms with Crippen LogP contribution >= 0.6 is 0 Å². The SMILES string of the molecule is Cc1cc([N+](=O)[O-])cc2c1[C@H]1c3c(C)ccc([N+](=O)[O-])c3C(O)(C#N)C[C@@H]1CC2(O)C#N. The molecule has 2 N–H and O–H groups in total. The predicted molar refractivity (Wildman–Crippen MR) is 109 cm³/mol. The van der Waals surface area contributed by atoms with Crippen LogP contribution in [0.1, 0.15) is 52.1 Å². The van der Waals surface area contributed by atoms with Crippen molar-refractivity contribution in [1.29, 1.82) is 10.5 Å². The van der Waals surface area contributed by atoms with Crippen molar-refractivity contribution in [2.45, 2.75) is 43.8 Å². The molecule has 2 aliphatic carbocycles. The molecular weight excluding hydrogens is 416 g/mol. The number of benzene rings is 2. The summed E-state index contributed by atoms with van der Waals surface area (Å²) in [6.45, 7) is 3.32. The zero-order valence-electron chi connectivity index (χ0n) is 17.2. The molecule has 4 atom stereocenters. The van der Waals surface area contributed by atoms with Crippen LogP contribution in [0.25, 0.3) is 0 Å². The number of aliphatic hydroxyl groups is 2. The first kappa shape index (κ1) is 21.4. The molecule has 0 aromatic heterocycles. The van der Waals surface area contributed by atoms with Gasteiger partial charge in [-0.15, -0.1) is 0 Å². The molecule has 0 heterocycles. The fourth-order valence-corrected chi connectivity index (χ4v) is 5.44. The maximum atomic E-state index is 11.8. The van der Waals surface area contributed by atoms with Crippen molar-refractivity contribution in [3.05, 3.63) is 77.9 Å². The van der Waals surface area contributed by atoms with Crippen LogP contribution in [0.3, 0.4) is 0 Å². The fraction of sp³-hybridized carbons (Fsp3) is 0.364. The maximum absolute atomic E-state index is 11.8. The summed E-state index contributed by atoms with van der Waals surface area (Å²) >= 11 is 0. The normalized spacial score (nSPS) is 27.8. The van der Waals surface area contributed by atoms with Gasteiger partial charge in [0.25, 0.3) is 11.4 Å². The Kier molecular flexibility index (Phi) is 4.56. The van der Waals surface area contributed by atoms with E-state index in [1.54, 1.807) is 19.9 Å². The minimum Gasteiger partial charge on any atom is -0.371 e. The van der Waals surface area contributed by atoms with Gasteiger partial charge in [0.15, 0.2) is 11.2 Å². The first-order valence-corrected chi connectivity index (χ1v) is 9.82. The zero-order chi connectivity index (χ0) is 23.6. The van der Waals surface area contributed by atoms with Gasteiger partial charge in [-0.1, -0.05) is 6.07 Å². The Morgan fingerprint density at radius 1 is 0.969 bits per heavy atom. The van der Waals surface area contributed by atoms with Gasteiger partial charge in [-0.2, -0.15) is 10.5 Å². The molecule has 2 aliphatic rings. The summed E-state index contributed by atoms with van der Waals surface area (Å²) in [7, 11) is 0. The number of hydrogen-bond donors (Lipinski definition) is 2. The average Bonchev–Trinajstić information content (AvgIpc) is 2.73. The molecule has 0 radical (unpaired) electrons. The second kappa shape index (κ2) is 6.82. The molecule has 10 nitrogen and oxygen atoms in total. The highest BCUT2D eigenvalue weighted by Gasteiger charge is 2.55. The number of aryl methyl sites for hydroxylation is 2. The van der Waals surface area contributed by atoms with E-state index in [2.05, 4.69) is 0 Å². The van der Waals surface area contributed by atoms with E-state index >= 15 is 0 Å². The van der Waals surface area contributed by atoms with Crippen LogP contribution in [-0.2, 0) is 11.2 Å². The third kappa shape index (κ3) is 2.78. The molecule has 0 amide bonds. The maximum Gasteiger partial charge on any atom is 0.276 e. The number of hydrogen-bond acceptors (Lipinski definition) is 8. The van der Waals surface area contributed by atoms with Crippen LogP contribution in [-0.4, -0.2) is 20.1 Å². The van der Waals surface area contributed by atoms with Crippen LogP contribution in [0, 0.1) is 62.7 Å². The summed E-state index contributed by atoms with van der Waals surface area (Å²) in [6, 6.07) is 8.90. The first-order chi connectivity index (χ1) is 15.0. The van der Waals surface area contributed by atoms with E-state index < -0.39 is 38.6 Å². The van der Waals surface area contributed by atoms with Crippen molar-refractivity contribution in [3.8, 4) is 12.1 Å². The minimum absolute atomic E-state index is 0.0761. The molecule has 10 heteroatoms. The lowest BCUT2D eigenvalue weighted by atomic mass is 9.57. The molecule has 0 aliphatic heterocycles. The molecule has 0 spiro atoms. The molecule has 0 saturated heterocycles. The summed E-state index contributed by atoms with van der Waals surface area (Å²) in [5, 5.41) is 65.1. The second-order valence-corrected chi connectivity index (χ2v) is 8.52. The summed E-state index contributed by atoms with van der Waals surface area (Å²) in [5.41, 5.74) is -3.08. The van der Waals surface area contributed by atoms with Gasteiger partial charge in [-0.25, -0.2) is 0 Å². The lowest BCUT2D eigenvalue weighted by Gasteiger charge is -2.47. The summed E-state index contributed by atoms with van der Waals surface area (Å²) in [6.07, 6.45) is -0.418. The number of nitrogens with zero attached hydrogens (tertiary/aromatic N) is 4. The number of non-ortho nitro benzene ring substituents is 1. The number of nitro benzene ring substituents is 2. The van der Waals surface area contributed by atoms with Gasteiger partial charge < -0.3 is 10.2 Å². The Morgan fingerprint density at radius 2 is 1.59 bits per heavy atom. The van der Waals surface area contributed by atoms with Gasteiger partial charge in [0.05, 0.1) is 15.4 Å². The van der Waals surface area contributed by atoms with Crippen LogP contribution in [0.2, 0.25) is 0 Å². The van der Waals surface area contributed by atoms with E-state index in [4.69, 9.17) is 0 Å². The van der Waals surface area contributed by atoms with Gasteiger partial charge in [0, 0.05) is 29.7 Å². The molecule has 32 heavy (non-hydrogen) atoms. The summed E-state index contributed by atoms with van der Waals surface area (Å²) in [5.74, 6) is -1.20. The van der Waals surface area contributed by atoms with Gasteiger partial charge in [-0.3, -0.25) is 20.2 Å². The van der Waals surface area contributed by atoms with Crippen LogP contribution in [0.15, 0.2) is 24.3 Å². The van der Waals surface area contributed by atoms with Crippen molar-refractivity contribution >= 4 is 11.4 Å². The highest BCUT2D eigenvalue weighted by Crippen LogP contribution is 2.59. The number of nitriles is 2. The Bertz CT molecular complexity index is 1290. The first-order valence-electron chi connectivity index (χ1n) is 9.82. The van der Waals surface area contributed by atoms with E-state index in [0.717, 1.165) is 0 Å². The third-order valence-electron chi connectivity index (χ3n) is 6.66. The van der Waals surface area contributed by atoms with Crippen molar-refractivity contribution in [2.75, 3.05) is 0 Å². The van der Waals surface area contributed by atoms with Gasteiger partial charge in [0.2, 0.25) is 0 Å². The Hall–Kier alpha value is -3.86. The third-order valence-corrected chi connectivity index (χ3v) is 6.66. The molecule has 2 unspecified atom stereocenters. The standard InChI is InChI=1S/C22H18N4O6/c1-11-3-4-16(26(31)32)20-18(11)19-13(8-22(20,28)10-24)7-21(27,9-23)15-6-14(25(29)30)5-12(2)17(15)19/h3-6,13,19,27-28H,7-8H2,1-2H3/t13-,19-,21?,22?/m0/s1. The van der Waals surface area contributed by atoms with E-state index in [-0.39, 0.29) is 29.7 Å². The lowest BCUT2D eigenvalue weighted by molar-refractivity contribution is -0.386.